The van der Waals surface area contributed by atoms with E-state index in [1.165, 1.54) is 0 Å². The number of aromatic nitrogens is 3. The molecule has 138 valence electrons. The van der Waals surface area contributed by atoms with Crippen LogP contribution >= 0.6 is 11.3 Å². The molecule has 3 heterocycles. The molecule has 7 heteroatoms. The van der Waals surface area contributed by atoms with Gasteiger partial charge >= 0.3 is 0 Å². The molecule has 3 aromatic rings. The quantitative estimate of drug-likeness (QED) is 0.748. The van der Waals surface area contributed by atoms with Crippen molar-refractivity contribution in [3.8, 4) is 0 Å². The van der Waals surface area contributed by atoms with Crippen molar-refractivity contribution < 1.29 is 4.79 Å². The molecule has 0 spiro atoms. The number of carbonyl (C=O) groups excluding carboxylic acids is 1. The van der Waals surface area contributed by atoms with Gasteiger partial charge < -0.3 is 9.88 Å². The number of hydrogen-bond acceptors (Lipinski definition) is 4. The maximum atomic E-state index is 12.6. The number of aryl methyl sites for hydroxylation is 3. The second-order valence-electron chi connectivity index (χ2n) is 6.69. The third-order valence-electron chi connectivity index (χ3n) is 5.07. The zero-order chi connectivity index (χ0) is 19.0. The van der Waals surface area contributed by atoms with Crippen LogP contribution in [-0.4, -0.2) is 32.6 Å². The molecule has 0 saturated heterocycles. The molecule has 0 aliphatic heterocycles. The normalized spacial score (nSPS) is 12.5. The van der Waals surface area contributed by atoms with Crippen LogP contribution in [0.15, 0.2) is 22.3 Å². The Labute approximate surface area is 156 Å². The van der Waals surface area contributed by atoms with Gasteiger partial charge in [0.25, 0.3) is 5.56 Å². The molecule has 3 aromatic heterocycles. The molecule has 1 atom stereocenters. The van der Waals surface area contributed by atoms with Gasteiger partial charge in [-0.25, -0.2) is 0 Å². The highest BCUT2D eigenvalue weighted by Gasteiger charge is 2.20. The lowest BCUT2D eigenvalue weighted by atomic mass is 10.0. The largest absolute Gasteiger partial charge is 0.338 e. The highest BCUT2D eigenvalue weighted by Crippen LogP contribution is 2.25. The first-order valence-corrected chi connectivity index (χ1v) is 9.53. The summed E-state index contributed by atoms with van der Waals surface area (Å²) in [5, 5.41) is 7.36. The molecule has 0 radical (unpaired) electrons. The minimum atomic E-state index is -0.139. The Hall–Kier alpha value is -2.41. The number of aromatic amines is 1. The van der Waals surface area contributed by atoms with Gasteiger partial charge in [-0.1, -0.05) is 6.07 Å². The molecule has 26 heavy (non-hydrogen) atoms. The van der Waals surface area contributed by atoms with Crippen LogP contribution in [0.25, 0.3) is 11.0 Å². The summed E-state index contributed by atoms with van der Waals surface area (Å²) in [5.41, 5.74) is 3.05. The summed E-state index contributed by atoms with van der Waals surface area (Å²) in [4.78, 5) is 30.9. The van der Waals surface area contributed by atoms with Gasteiger partial charge in [0.1, 0.15) is 5.65 Å². The Kier molecular flexibility index (Phi) is 5.00. The Morgan fingerprint density at radius 2 is 2.15 bits per heavy atom. The van der Waals surface area contributed by atoms with E-state index in [-0.39, 0.29) is 17.5 Å². The van der Waals surface area contributed by atoms with Crippen molar-refractivity contribution in [2.24, 2.45) is 7.05 Å². The second-order valence-corrected chi connectivity index (χ2v) is 7.67. The maximum absolute atomic E-state index is 12.6. The molecule has 0 unspecified atom stereocenters. The number of thiophene rings is 1. The standard InChI is InChI=1S/C19H24N4O2S/c1-11-14(19(25)20-18-17(11)12(2)21-23(18)5)8-9-16(24)22(4)13(3)15-7-6-10-26-15/h6-7,10,13H,8-9H2,1-5H3,(H,20,25)/t13-/m0/s1. The average molecular weight is 372 g/mol. The van der Waals surface area contributed by atoms with Gasteiger partial charge in [0.05, 0.1) is 11.7 Å². The molecule has 3 rings (SSSR count). The average Bonchev–Trinajstić information content (AvgIpc) is 3.22. The Morgan fingerprint density at radius 3 is 2.81 bits per heavy atom. The molecular weight excluding hydrogens is 348 g/mol. The van der Waals surface area contributed by atoms with Gasteiger partial charge in [0.15, 0.2) is 0 Å². The SMILES string of the molecule is Cc1nn(C)c2[nH]c(=O)c(CCC(=O)N(C)[C@@H](C)c3cccs3)c(C)c12. The topological polar surface area (TPSA) is 71.0 Å². The first-order valence-electron chi connectivity index (χ1n) is 8.65. The summed E-state index contributed by atoms with van der Waals surface area (Å²) in [5.74, 6) is 0.0349. The highest BCUT2D eigenvalue weighted by atomic mass is 32.1. The summed E-state index contributed by atoms with van der Waals surface area (Å²) < 4.78 is 1.69. The molecule has 0 aliphatic rings. The fraction of sp³-hybridized carbons (Fsp3) is 0.421. The molecule has 0 bridgehead atoms. The van der Waals surface area contributed by atoms with E-state index >= 15 is 0 Å². The van der Waals surface area contributed by atoms with Crippen LogP contribution in [0.3, 0.4) is 0 Å². The lowest BCUT2D eigenvalue weighted by Crippen LogP contribution is -2.30. The minimum Gasteiger partial charge on any atom is -0.338 e. The predicted octanol–water partition coefficient (Wildman–Crippen LogP) is 3.09. The minimum absolute atomic E-state index is 0.0323. The van der Waals surface area contributed by atoms with Crippen LogP contribution in [-0.2, 0) is 18.3 Å². The number of fused-ring (bicyclic) bond motifs is 1. The molecule has 0 fully saturated rings. The van der Waals surface area contributed by atoms with Gasteiger partial charge in [-0.05, 0) is 44.2 Å². The number of nitrogens with zero attached hydrogens (tertiary/aromatic N) is 3. The number of carbonyl (C=O) groups is 1. The van der Waals surface area contributed by atoms with Gasteiger partial charge in [0, 0.05) is 36.3 Å². The summed E-state index contributed by atoms with van der Waals surface area (Å²) in [7, 11) is 3.63. The van der Waals surface area contributed by atoms with Gasteiger partial charge in [-0.15, -0.1) is 11.3 Å². The van der Waals surface area contributed by atoms with E-state index in [0.717, 1.165) is 27.2 Å². The Balaban J connectivity index is 1.80. The number of rotatable bonds is 5. The monoisotopic (exact) mass is 372 g/mol. The fourth-order valence-corrected chi connectivity index (χ4v) is 4.23. The van der Waals surface area contributed by atoms with E-state index in [9.17, 15) is 9.59 Å². The Bertz CT molecular complexity index is 1000. The van der Waals surface area contributed by atoms with Crippen molar-refractivity contribution in [2.45, 2.75) is 39.7 Å². The molecular formula is C19H24N4O2S. The summed E-state index contributed by atoms with van der Waals surface area (Å²) >= 11 is 1.64. The van der Waals surface area contributed by atoms with E-state index in [1.807, 2.05) is 52.4 Å². The van der Waals surface area contributed by atoms with E-state index < -0.39 is 0 Å². The number of amides is 1. The molecule has 0 aliphatic carbocycles. The summed E-state index contributed by atoms with van der Waals surface area (Å²) in [6.45, 7) is 5.88. The smallest absolute Gasteiger partial charge is 0.253 e. The molecule has 0 saturated carbocycles. The van der Waals surface area contributed by atoms with Crippen molar-refractivity contribution in [3.05, 3.63) is 49.6 Å². The third-order valence-corrected chi connectivity index (χ3v) is 6.12. The van der Waals surface area contributed by atoms with E-state index in [1.54, 1.807) is 20.9 Å². The van der Waals surface area contributed by atoms with Crippen LogP contribution in [0, 0.1) is 13.8 Å². The zero-order valence-corrected chi connectivity index (χ0v) is 16.6. The molecule has 6 nitrogen and oxygen atoms in total. The first kappa shape index (κ1) is 18.4. The third kappa shape index (κ3) is 3.19. The van der Waals surface area contributed by atoms with Gasteiger partial charge in [-0.3, -0.25) is 14.3 Å². The number of nitrogens with one attached hydrogen (secondary N) is 1. The van der Waals surface area contributed by atoms with E-state index in [2.05, 4.69) is 10.1 Å². The summed E-state index contributed by atoms with van der Waals surface area (Å²) in [6, 6.07) is 4.06. The van der Waals surface area contributed by atoms with Gasteiger partial charge in [-0.2, -0.15) is 5.10 Å². The molecule has 1 amide bonds. The number of hydrogen-bond donors (Lipinski definition) is 1. The van der Waals surface area contributed by atoms with Crippen LogP contribution in [0.5, 0.6) is 0 Å². The number of H-pyrrole nitrogens is 1. The first-order chi connectivity index (χ1) is 12.3. The lowest BCUT2D eigenvalue weighted by molar-refractivity contribution is -0.131. The van der Waals surface area contributed by atoms with Crippen molar-refractivity contribution >= 4 is 28.3 Å². The van der Waals surface area contributed by atoms with Crippen molar-refractivity contribution in [1.82, 2.24) is 19.7 Å². The molecule has 1 N–H and O–H groups in total. The second kappa shape index (κ2) is 7.07. The van der Waals surface area contributed by atoms with Crippen LogP contribution in [0.2, 0.25) is 0 Å². The van der Waals surface area contributed by atoms with Crippen LogP contribution in [0.4, 0.5) is 0 Å². The highest BCUT2D eigenvalue weighted by molar-refractivity contribution is 7.10. The zero-order valence-electron chi connectivity index (χ0n) is 15.8. The van der Waals surface area contributed by atoms with Crippen molar-refractivity contribution in [1.29, 1.82) is 0 Å². The Morgan fingerprint density at radius 1 is 1.42 bits per heavy atom. The van der Waals surface area contributed by atoms with E-state index in [0.29, 0.717) is 18.4 Å². The molecule has 0 aromatic carbocycles. The van der Waals surface area contributed by atoms with Crippen molar-refractivity contribution in [3.63, 3.8) is 0 Å². The van der Waals surface area contributed by atoms with Gasteiger partial charge in [0.2, 0.25) is 5.91 Å². The lowest BCUT2D eigenvalue weighted by Gasteiger charge is -2.24. The number of pyridine rings is 1. The predicted molar refractivity (Wildman–Crippen MR) is 105 cm³/mol. The fourth-order valence-electron chi connectivity index (χ4n) is 3.40. The summed E-state index contributed by atoms with van der Waals surface area (Å²) in [6.07, 6.45) is 0.729. The van der Waals surface area contributed by atoms with Crippen molar-refractivity contribution in [2.75, 3.05) is 7.05 Å². The van der Waals surface area contributed by atoms with E-state index in [4.69, 9.17) is 0 Å². The maximum Gasteiger partial charge on any atom is 0.253 e. The van der Waals surface area contributed by atoms with Crippen LogP contribution < -0.4 is 5.56 Å². The van der Waals surface area contributed by atoms with Crippen LogP contribution in [0.1, 0.15) is 41.1 Å².